The Labute approximate surface area is 164 Å². The van der Waals surface area contributed by atoms with Crippen molar-refractivity contribution in [2.24, 2.45) is 5.92 Å². The molecule has 0 aliphatic carbocycles. The molecule has 7 nitrogen and oxygen atoms in total. The summed E-state index contributed by atoms with van der Waals surface area (Å²) in [5.41, 5.74) is -2.86. The number of anilines is 1. The molecule has 1 saturated heterocycles. The fourth-order valence-electron chi connectivity index (χ4n) is 3.28. The number of rotatable bonds is 4. The number of Topliss-reactive ketones (excluding diaryl/α,β-unsaturated/α-hetero) is 1. The van der Waals surface area contributed by atoms with E-state index in [1.54, 1.807) is 31.1 Å². The van der Waals surface area contributed by atoms with Gasteiger partial charge in [0, 0.05) is 37.7 Å². The molecule has 3 atom stereocenters. The van der Waals surface area contributed by atoms with E-state index in [9.17, 15) is 27.9 Å². The van der Waals surface area contributed by atoms with Crippen LogP contribution in [-0.2, 0) is 0 Å². The second kappa shape index (κ2) is 7.36. The molecule has 1 fully saturated rings. The van der Waals surface area contributed by atoms with Gasteiger partial charge in [0.15, 0.2) is 5.78 Å². The minimum absolute atomic E-state index is 0.118. The second-order valence-electron chi connectivity index (χ2n) is 6.91. The summed E-state index contributed by atoms with van der Waals surface area (Å²) in [6.45, 7) is 0. The average Bonchev–Trinajstić information content (AvgIpc) is 2.67. The van der Waals surface area contributed by atoms with Gasteiger partial charge in [0.05, 0.1) is 6.04 Å². The third kappa shape index (κ3) is 3.75. The van der Waals surface area contributed by atoms with Crippen LogP contribution in [0.5, 0.6) is 0 Å². The number of urea groups is 1. The first-order valence-corrected chi connectivity index (χ1v) is 8.64. The monoisotopic (exact) mass is 408 g/mol. The Kier molecular flexibility index (Phi) is 5.22. The van der Waals surface area contributed by atoms with Crippen LogP contribution in [0.2, 0.25) is 0 Å². The molecule has 1 aromatic carbocycles. The molecule has 2 heterocycles. The number of hydrogen-bond donors (Lipinski definition) is 3. The summed E-state index contributed by atoms with van der Waals surface area (Å²) in [4.78, 5) is 30.5. The van der Waals surface area contributed by atoms with E-state index >= 15 is 0 Å². The Morgan fingerprint density at radius 1 is 1.21 bits per heavy atom. The van der Waals surface area contributed by atoms with Gasteiger partial charge in [-0.1, -0.05) is 12.1 Å². The molecule has 2 amide bonds. The highest BCUT2D eigenvalue weighted by molar-refractivity contribution is 6.00. The van der Waals surface area contributed by atoms with Crippen LogP contribution in [0.15, 0.2) is 48.8 Å². The van der Waals surface area contributed by atoms with Gasteiger partial charge in [-0.05, 0) is 29.8 Å². The Bertz CT molecular complexity index is 903. The van der Waals surface area contributed by atoms with E-state index in [2.05, 4.69) is 10.3 Å². The molecule has 1 aromatic heterocycles. The quantitative estimate of drug-likeness (QED) is 0.675. The third-order valence-corrected chi connectivity index (χ3v) is 4.80. The number of amides is 2. The van der Waals surface area contributed by atoms with Gasteiger partial charge in [-0.15, -0.1) is 0 Å². The number of alkyl halides is 3. The number of hydrogen-bond acceptors (Lipinski definition) is 5. The summed E-state index contributed by atoms with van der Waals surface area (Å²) in [5.74, 6) is -3.08. The number of pyridine rings is 1. The third-order valence-electron chi connectivity index (χ3n) is 4.80. The Hall–Kier alpha value is -3.14. The molecular weight excluding hydrogens is 389 g/mol. The molecular formula is C19H19F3N4O3. The molecule has 10 heteroatoms. The van der Waals surface area contributed by atoms with Crippen molar-refractivity contribution >= 4 is 17.5 Å². The molecule has 0 bridgehead atoms. The lowest BCUT2D eigenvalue weighted by Crippen LogP contribution is -2.72. The summed E-state index contributed by atoms with van der Waals surface area (Å²) in [6.07, 6.45) is -2.82. The van der Waals surface area contributed by atoms with Crippen molar-refractivity contribution in [1.82, 2.24) is 15.6 Å². The minimum atomic E-state index is -5.30. The molecule has 0 spiro atoms. The Morgan fingerprint density at radius 2 is 1.86 bits per heavy atom. The summed E-state index contributed by atoms with van der Waals surface area (Å²) < 4.78 is 41.5. The summed E-state index contributed by atoms with van der Waals surface area (Å²) in [7, 11) is 3.58. The SMILES string of the molecule is CN(C)c1ccc([C@@H]2NC(=O)N[C@@](O)(C(F)(F)F)[C@H]2C(=O)c2cccnc2)cc1. The molecule has 29 heavy (non-hydrogen) atoms. The second-order valence-corrected chi connectivity index (χ2v) is 6.91. The van der Waals surface area contributed by atoms with E-state index < -0.39 is 35.7 Å². The number of carbonyl (C=O) groups excluding carboxylic acids is 2. The summed E-state index contributed by atoms with van der Waals surface area (Å²) in [6, 6.07) is 6.34. The van der Waals surface area contributed by atoms with Gasteiger partial charge < -0.3 is 20.6 Å². The number of ketones is 1. The van der Waals surface area contributed by atoms with Crippen LogP contribution in [0.3, 0.4) is 0 Å². The highest BCUT2D eigenvalue weighted by atomic mass is 19.4. The van der Waals surface area contributed by atoms with Crippen LogP contribution in [0.25, 0.3) is 0 Å². The number of benzene rings is 1. The number of nitrogens with zero attached hydrogens (tertiary/aromatic N) is 2. The Balaban J connectivity index is 2.13. The van der Waals surface area contributed by atoms with Crippen molar-refractivity contribution in [1.29, 1.82) is 0 Å². The first-order chi connectivity index (χ1) is 13.5. The van der Waals surface area contributed by atoms with Crippen molar-refractivity contribution in [2.45, 2.75) is 17.9 Å². The van der Waals surface area contributed by atoms with E-state index in [4.69, 9.17) is 0 Å². The highest BCUT2D eigenvalue weighted by Crippen LogP contribution is 2.44. The molecule has 3 rings (SSSR count). The van der Waals surface area contributed by atoms with E-state index in [1.165, 1.54) is 35.8 Å². The highest BCUT2D eigenvalue weighted by Gasteiger charge is 2.66. The molecule has 3 N–H and O–H groups in total. The molecule has 154 valence electrons. The van der Waals surface area contributed by atoms with Crippen LogP contribution >= 0.6 is 0 Å². The summed E-state index contributed by atoms with van der Waals surface area (Å²) >= 11 is 0. The van der Waals surface area contributed by atoms with Crippen molar-refractivity contribution in [3.63, 3.8) is 0 Å². The largest absolute Gasteiger partial charge is 0.437 e. The molecule has 1 aliphatic heterocycles. The number of nitrogens with one attached hydrogen (secondary N) is 2. The molecule has 2 aromatic rings. The lowest BCUT2D eigenvalue weighted by molar-refractivity contribution is -0.287. The van der Waals surface area contributed by atoms with Gasteiger partial charge in [0.25, 0.3) is 0 Å². The van der Waals surface area contributed by atoms with Gasteiger partial charge in [-0.2, -0.15) is 13.2 Å². The van der Waals surface area contributed by atoms with Gasteiger partial charge in [0.1, 0.15) is 5.92 Å². The maximum absolute atomic E-state index is 13.8. The number of aromatic nitrogens is 1. The first-order valence-electron chi connectivity index (χ1n) is 8.64. The summed E-state index contributed by atoms with van der Waals surface area (Å²) in [5, 5.41) is 14.3. The van der Waals surface area contributed by atoms with Crippen LogP contribution < -0.4 is 15.5 Å². The predicted octanol–water partition coefficient (Wildman–Crippen LogP) is 2.25. The van der Waals surface area contributed by atoms with E-state index in [0.717, 1.165) is 11.9 Å². The topological polar surface area (TPSA) is 94.6 Å². The van der Waals surface area contributed by atoms with Crippen molar-refractivity contribution in [3.8, 4) is 0 Å². The molecule has 0 unspecified atom stereocenters. The normalized spacial score (nSPS) is 24.4. The maximum atomic E-state index is 13.8. The van der Waals surface area contributed by atoms with Crippen molar-refractivity contribution < 1.29 is 27.9 Å². The molecule has 0 radical (unpaired) electrons. The fraction of sp³-hybridized carbons (Fsp3) is 0.316. The number of carbonyl (C=O) groups is 2. The van der Waals surface area contributed by atoms with Crippen molar-refractivity contribution in [3.05, 3.63) is 59.9 Å². The van der Waals surface area contributed by atoms with Crippen LogP contribution in [0.4, 0.5) is 23.7 Å². The minimum Gasteiger partial charge on any atom is -0.378 e. The Morgan fingerprint density at radius 3 is 2.38 bits per heavy atom. The van der Waals surface area contributed by atoms with Crippen LogP contribution in [0, 0.1) is 5.92 Å². The first kappa shape index (κ1) is 20.6. The number of halogens is 3. The lowest BCUT2D eigenvalue weighted by atomic mass is 9.77. The molecule has 0 saturated carbocycles. The smallest absolute Gasteiger partial charge is 0.378 e. The van der Waals surface area contributed by atoms with Gasteiger partial charge in [-0.3, -0.25) is 9.78 Å². The van der Waals surface area contributed by atoms with Crippen LogP contribution in [-0.4, -0.2) is 47.9 Å². The van der Waals surface area contributed by atoms with Gasteiger partial charge in [-0.25, -0.2) is 4.79 Å². The predicted molar refractivity (Wildman–Crippen MR) is 98.2 cm³/mol. The van der Waals surface area contributed by atoms with E-state index in [1.807, 2.05) is 0 Å². The van der Waals surface area contributed by atoms with Crippen LogP contribution in [0.1, 0.15) is 22.0 Å². The van der Waals surface area contributed by atoms with Crippen molar-refractivity contribution in [2.75, 3.05) is 19.0 Å². The standard InChI is InChI=1S/C19H19F3N4O3/c1-26(2)13-7-5-11(6-8-13)15-14(16(27)12-4-3-9-23-10-12)18(29,19(20,21)22)25-17(28)24-15/h3-10,14-15,29H,1-2H3,(H2,24,25,28)/t14-,15+,18+/m1/s1. The van der Waals surface area contributed by atoms with Gasteiger partial charge in [0.2, 0.25) is 5.72 Å². The fourth-order valence-corrected chi connectivity index (χ4v) is 3.28. The average molecular weight is 408 g/mol. The zero-order chi connectivity index (χ0) is 21.4. The zero-order valence-corrected chi connectivity index (χ0v) is 15.6. The van der Waals surface area contributed by atoms with E-state index in [0.29, 0.717) is 0 Å². The maximum Gasteiger partial charge on any atom is 0.437 e. The van der Waals surface area contributed by atoms with Gasteiger partial charge >= 0.3 is 12.2 Å². The zero-order valence-electron chi connectivity index (χ0n) is 15.6. The molecule has 1 aliphatic rings. The number of aliphatic hydroxyl groups is 1. The lowest BCUT2D eigenvalue weighted by Gasteiger charge is -2.45. The van der Waals surface area contributed by atoms with E-state index in [-0.39, 0.29) is 11.1 Å².